The summed E-state index contributed by atoms with van der Waals surface area (Å²) < 4.78 is 0. The highest BCUT2D eigenvalue weighted by Crippen LogP contribution is 2.40. The molecule has 0 atom stereocenters. The number of nitrogens with zero attached hydrogens (tertiary/aromatic N) is 1. The Hall–Kier alpha value is -1.75. The van der Waals surface area contributed by atoms with Crippen molar-refractivity contribution >= 4 is 29.3 Å². The van der Waals surface area contributed by atoms with Crippen LogP contribution < -0.4 is 10.2 Å². The van der Waals surface area contributed by atoms with Crippen LogP contribution in [-0.2, 0) is 9.59 Å². The van der Waals surface area contributed by atoms with Gasteiger partial charge in [0.25, 0.3) is 5.91 Å². The second kappa shape index (κ2) is 6.13. The quantitative estimate of drug-likeness (QED) is 0.870. The first-order valence-electron chi connectivity index (χ1n) is 6.53. The molecule has 1 heterocycles. The number of carbonyl (C=O) groups excluding carboxylic acids is 2. The first kappa shape index (κ1) is 14.7. The van der Waals surface area contributed by atoms with Crippen LogP contribution in [0.2, 0.25) is 0 Å². The third-order valence-corrected chi connectivity index (χ3v) is 3.99. The normalized spacial score (nSPS) is 16.5. The Morgan fingerprint density at radius 2 is 2.10 bits per heavy atom. The number of rotatable bonds is 3. The average Bonchev–Trinajstić information content (AvgIpc) is 2.42. The van der Waals surface area contributed by atoms with Gasteiger partial charge in [-0.05, 0) is 18.1 Å². The third kappa shape index (κ3) is 3.22. The van der Waals surface area contributed by atoms with Gasteiger partial charge in [0.2, 0.25) is 5.91 Å². The largest absolute Gasteiger partial charge is 0.352 e. The zero-order valence-electron chi connectivity index (χ0n) is 11.8. The van der Waals surface area contributed by atoms with E-state index in [1.165, 1.54) is 17.8 Å². The molecule has 1 aliphatic heterocycles. The molecule has 0 aliphatic carbocycles. The number of anilines is 1. The molecule has 5 heteroatoms. The van der Waals surface area contributed by atoms with Gasteiger partial charge in [0, 0.05) is 24.6 Å². The van der Waals surface area contributed by atoms with Crippen LogP contribution in [0.25, 0.3) is 0 Å². The number of carbonyl (C=O) groups is 2. The Bertz CT molecular complexity index is 567. The minimum atomic E-state index is -0.220. The van der Waals surface area contributed by atoms with Crippen molar-refractivity contribution in [1.82, 2.24) is 5.32 Å². The van der Waals surface area contributed by atoms with E-state index < -0.39 is 0 Å². The number of likely N-dealkylation sites (N-methyl/N-ethyl adjacent to an activating group) is 1. The first-order valence-corrected chi connectivity index (χ1v) is 7.35. The molecule has 1 aromatic carbocycles. The number of fused-ring (bicyclic) bond motifs is 1. The van der Waals surface area contributed by atoms with Crippen molar-refractivity contribution in [3.63, 3.8) is 0 Å². The number of hydrogen-bond acceptors (Lipinski definition) is 3. The Balaban J connectivity index is 2.18. The van der Waals surface area contributed by atoms with E-state index in [1.54, 1.807) is 11.9 Å². The Labute approximate surface area is 123 Å². The summed E-state index contributed by atoms with van der Waals surface area (Å²) in [6.07, 6.45) is 1.39. The summed E-state index contributed by atoms with van der Waals surface area (Å²) in [6, 6.07) is 7.66. The molecular formula is C15H18N2O2S. The number of hydrogen-bond donors (Lipinski definition) is 1. The number of para-hydroxylation sites is 1. The predicted molar refractivity (Wildman–Crippen MR) is 81.6 cm³/mol. The van der Waals surface area contributed by atoms with Crippen molar-refractivity contribution in [3.8, 4) is 0 Å². The lowest BCUT2D eigenvalue weighted by molar-refractivity contribution is -0.118. The molecule has 106 valence electrons. The molecule has 0 saturated carbocycles. The van der Waals surface area contributed by atoms with Gasteiger partial charge in [-0.15, -0.1) is 0 Å². The first-order chi connectivity index (χ1) is 9.49. The van der Waals surface area contributed by atoms with E-state index >= 15 is 0 Å². The van der Waals surface area contributed by atoms with Crippen molar-refractivity contribution in [2.75, 3.05) is 18.5 Å². The maximum Gasteiger partial charge on any atom is 0.265 e. The van der Waals surface area contributed by atoms with Crippen molar-refractivity contribution in [2.45, 2.75) is 18.7 Å². The van der Waals surface area contributed by atoms with Gasteiger partial charge >= 0.3 is 0 Å². The van der Waals surface area contributed by atoms with Crippen LogP contribution >= 0.6 is 11.8 Å². The molecule has 1 aromatic rings. The molecule has 0 unspecified atom stereocenters. The predicted octanol–water partition coefficient (Wildman–Crippen LogP) is 2.41. The van der Waals surface area contributed by atoms with E-state index in [4.69, 9.17) is 0 Å². The van der Waals surface area contributed by atoms with Gasteiger partial charge in [0.1, 0.15) is 0 Å². The third-order valence-electron chi connectivity index (χ3n) is 2.91. The molecule has 2 rings (SSSR count). The summed E-state index contributed by atoms with van der Waals surface area (Å²) in [5, 5.41) is 2.79. The molecule has 0 aromatic heterocycles. The fourth-order valence-electron chi connectivity index (χ4n) is 1.82. The van der Waals surface area contributed by atoms with Crippen LogP contribution in [0.4, 0.5) is 5.69 Å². The molecule has 4 nitrogen and oxygen atoms in total. The summed E-state index contributed by atoms with van der Waals surface area (Å²) >= 11 is 1.34. The number of thioether (sulfide) groups is 1. The highest BCUT2D eigenvalue weighted by atomic mass is 32.2. The SMILES string of the molecule is CC(C)CNC(=O)/C=C1/Sc2ccccc2N(C)C1=O. The van der Waals surface area contributed by atoms with Gasteiger partial charge in [0.05, 0.1) is 10.6 Å². The van der Waals surface area contributed by atoms with Crippen molar-refractivity contribution in [3.05, 3.63) is 35.2 Å². The van der Waals surface area contributed by atoms with Crippen molar-refractivity contribution in [1.29, 1.82) is 0 Å². The number of amides is 2. The average molecular weight is 290 g/mol. The Kier molecular flexibility index (Phi) is 4.49. The minimum absolute atomic E-state index is 0.145. The van der Waals surface area contributed by atoms with Gasteiger partial charge in [-0.1, -0.05) is 37.7 Å². The van der Waals surface area contributed by atoms with Crippen LogP contribution in [0.3, 0.4) is 0 Å². The fraction of sp³-hybridized carbons (Fsp3) is 0.333. The standard InChI is InChI=1S/C15H18N2O2S/c1-10(2)9-16-14(18)8-13-15(19)17(3)11-6-4-5-7-12(11)20-13/h4-8,10H,9H2,1-3H3,(H,16,18)/b13-8+. The molecule has 20 heavy (non-hydrogen) atoms. The molecular weight excluding hydrogens is 272 g/mol. The van der Waals surface area contributed by atoms with E-state index in [-0.39, 0.29) is 11.8 Å². The summed E-state index contributed by atoms with van der Waals surface area (Å²) in [6.45, 7) is 4.66. The summed E-state index contributed by atoms with van der Waals surface area (Å²) in [4.78, 5) is 27.0. The van der Waals surface area contributed by atoms with Crippen LogP contribution in [0.15, 0.2) is 40.1 Å². The molecule has 0 fully saturated rings. The van der Waals surface area contributed by atoms with Crippen LogP contribution in [0.5, 0.6) is 0 Å². The van der Waals surface area contributed by atoms with E-state index in [0.717, 1.165) is 10.6 Å². The Morgan fingerprint density at radius 1 is 1.40 bits per heavy atom. The smallest absolute Gasteiger partial charge is 0.265 e. The van der Waals surface area contributed by atoms with E-state index in [1.807, 2.05) is 38.1 Å². The minimum Gasteiger partial charge on any atom is -0.352 e. The highest BCUT2D eigenvalue weighted by molar-refractivity contribution is 8.04. The van der Waals surface area contributed by atoms with Crippen molar-refractivity contribution in [2.24, 2.45) is 5.92 Å². The van der Waals surface area contributed by atoms with Crippen molar-refractivity contribution < 1.29 is 9.59 Å². The molecule has 0 saturated heterocycles. The molecule has 1 N–H and O–H groups in total. The van der Waals surface area contributed by atoms with Crippen LogP contribution in [-0.4, -0.2) is 25.4 Å². The molecule has 0 bridgehead atoms. The molecule has 0 radical (unpaired) electrons. The summed E-state index contributed by atoms with van der Waals surface area (Å²) in [5.74, 6) is 0.0196. The summed E-state index contributed by atoms with van der Waals surface area (Å²) in [5.41, 5.74) is 0.877. The lowest BCUT2D eigenvalue weighted by atomic mass is 10.2. The van der Waals surface area contributed by atoms with Gasteiger partial charge in [0.15, 0.2) is 0 Å². The topological polar surface area (TPSA) is 49.4 Å². The lowest BCUT2D eigenvalue weighted by Gasteiger charge is -2.26. The van der Waals surface area contributed by atoms with Gasteiger partial charge < -0.3 is 10.2 Å². The van der Waals surface area contributed by atoms with Gasteiger partial charge in [-0.3, -0.25) is 9.59 Å². The molecule has 2 amide bonds. The molecule has 1 aliphatic rings. The Morgan fingerprint density at radius 3 is 2.80 bits per heavy atom. The lowest BCUT2D eigenvalue weighted by Crippen LogP contribution is -2.32. The maximum atomic E-state index is 12.2. The molecule has 0 spiro atoms. The van der Waals surface area contributed by atoms with E-state index in [0.29, 0.717) is 17.4 Å². The zero-order valence-corrected chi connectivity index (χ0v) is 12.7. The van der Waals surface area contributed by atoms with E-state index in [9.17, 15) is 9.59 Å². The van der Waals surface area contributed by atoms with Crippen LogP contribution in [0.1, 0.15) is 13.8 Å². The zero-order chi connectivity index (χ0) is 14.7. The number of benzene rings is 1. The van der Waals surface area contributed by atoms with Crippen LogP contribution in [0, 0.1) is 5.92 Å². The number of nitrogens with one attached hydrogen (secondary N) is 1. The van der Waals surface area contributed by atoms with E-state index in [2.05, 4.69) is 5.32 Å². The second-order valence-electron chi connectivity index (χ2n) is 5.08. The van der Waals surface area contributed by atoms with Gasteiger partial charge in [-0.25, -0.2) is 0 Å². The van der Waals surface area contributed by atoms with Gasteiger partial charge in [-0.2, -0.15) is 0 Å². The fourth-order valence-corrected chi connectivity index (χ4v) is 2.91. The highest BCUT2D eigenvalue weighted by Gasteiger charge is 2.26. The second-order valence-corrected chi connectivity index (χ2v) is 6.17. The maximum absolute atomic E-state index is 12.2. The summed E-state index contributed by atoms with van der Waals surface area (Å²) in [7, 11) is 1.72. The monoisotopic (exact) mass is 290 g/mol.